The van der Waals surface area contributed by atoms with Gasteiger partial charge in [-0.25, -0.2) is 9.67 Å². The Kier molecular flexibility index (Phi) is 4.23. The van der Waals surface area contributed by atoms with Crippen LogP contribution in [0.3, 0.4) is 0 Å². The molecule has 0 aliphatic carbocycles. The van der Waals surface area contributed by atoms with Gasteiger partial charge in [-0.1, -0.05) is 11.3 Å². The summed E-state index contributed by atoms with van der Waals surface area (Å²) in [5.41, 5.74) is 0.736. The van der Waals surface area contributed by atoms with E-state index in [0.717, 1.165) is 0 Å². The first-order chi connectivity index (χ1) is 11.6. The Hall–Kier alpha value is -3.23. The van der Waals surface area contributed by atoms with E-state index < -0.39 is 5.56 Å². The molecule has 3 aromatic rings. The first-order valence-corrected chi connectivity index (χ1v) is 7.35. The van der Waals surface area contributed by atoms with Gasteiger partial charge in [0.2, 0.25) is 5.91 Å². The Bertz CT molecular complexity index is 946. The van der Waals surface area contributed by atoms with Crippen molar-refractivity contribution >= 4 is 22.8 Å². The van der Waals surface area contributed by atoms with E-state index in [0.29, 0.717) is 23.6 Å². The second-order valence-corrected chi connectivity index (χ2v) is 5.04. The van der Waals surface area contributed by atoms with E-state index in [1.807, 2.05) is 6.92 Å². The summed E-state index contributed by atoms with van der Waals surface area (Å²) in [6.07, 6.45) is 1.32. The average Bonchev–Trinajstić information content (AvgIpc) is 3.01. The molecular weight excluding hydrogens is 312 g/mol. The lowest BCUT2D eigenvalue weighted by molar-refractivity contribution is -0.116. The van der Waals surface area contributed by atoms with Gasteiger partial charge in [0.1, 0.15) is 18.6 Å². The highest BCUT2D eigenvalue weighted by Crippen LogP contribution is 2.16. The van der Waals surface area contributed by atoms with Gasteiger partial charge in [0.15, 0.2) is 11.2 Å². The summed E-state index contributed by atoms with van der Waals surface area (Å²) in [6.45, 7) is 2.27. The van der Waals surface area contributed by atoms with Crippen molar-refractivity contribution in [2.24, 2.45) is 0 Å². The number of rotatable bonds is 5. The minimum Gasteiger partial charge on any atom is -0.497 e. The normalized spacial score (nSPS) is 10.8. The number of fused-ring (bicyclic) bond motifs is 1. The van der Waals surface area contributed by atoms with Crippen LogP contribution < -0.4 is 15.6 Å². The lowest BCUT2D eigenvalue weighted by Crippen LogP contribution is -2.28. The van der Waals surface area contributed by atoms with E-state index in [9.17, 15) is 9.59 Å². The van der Waals surface area contributed by atoms with E-state index >= 15 is 0 Å². The second-order valence-electron chi connectivity index (χ2n) is 5.04. The summed E-state index contributed by atoms with van der Waals surface area (Å²) in [7, 11) is 1.55. The first-order valence-electron chi connectivity index (χ1n) is 7.35. The number of benzene rings is 1. The lowest BCUT2D eigenvalue weighted by Gasteiger charge is -2.08. The number of anilines is 1. The van der Waals surface area contributed by atoms with Crippen LogP contribution in [0.2, 0.25) is 0 Å². The van der Waals surface area contributed by atoms with Gasteiger partial charge in [0, 0.05) is 18.3 Å². The van der Waals surface area contributed by atoms with Crippen LogP contribution in [0.15, 0.2) is 35.4 Å². The van der Waals surface area contributed by atoms with Crippen LogP contribution in [0.25, 0.3) is 11.2 Å². The molecule has 124 valence electrons. The smallest absolute Gasteiger partial charge is 0.283 e. The molecule has 1 N–H and O–H groups in total. The molecule has 0 aliphatic heterocycles. The van der Waals surface area contributed by atoms with Gasteiger partial charge in [0.05, 0.1) is 7.11 Å². The molecule has 2 heterocycles. The highest BCUT2D eigenvalue weighted by atomic mass is 16.5. The fourth-order valence-corrected chi connectivity index (χ4v) is 2.27. The van der Waals surface area contributed by atoms with Crippen molar-refractivity contribution in [1.82, 2.24) is 24.5 Å². The number of methoxy groups -OCH3 is 1. The maximum atomic E-state index is 12.4. The molecule has 2 aromatic heterocycles. The average molecular weight is 328 g/mol. The molecule has 9 nitrogen and oxygen atoms in total. The van der Waals surface area contributed by atoms with E-state index in [1.165, 1.54) is 15.6 Å². The monoisotopic (exact) mass is 328 g/mol. The minimum absolute atomic E-state index is 0.147. The number of hydrogen-bond acceptors (Lipinski definition) is 6. The fourth-order valence-electron chi connectivity index (χ4n) is 2.27. The Labute approximate surface area is 136 Å². The van der Waals surface area contributed by atoms with Crippen molar-refractivity contribution < 1.29 is 9.53 Å². The highest BCUT2D eigenvalue weighted by molar-refractivity contribution is 5.90. The number of carbonyl (C=O) groups excluding carboxylic acids is 1. The highest BCUT2D eigenvalue weighted by Gasteiger charge is 2.13. The van der Waals surface area contributed by atoms with Crippen LogP contribution >= 0.6 is 0 Å². The van der Waals surface area contributed by atoms with E-state index in [2.05, 4.69) is 20.6 Å². The number of aromatic nitrogens is 5. The predicted octanol–water partition coefficient (Wildman–Crippen LogP) is 0.655. The topological polar surface area (TPSA) is 104 Å². The maximum Gasteiger partial charge on any atom is 0.283 e. The molecule has 24 heavy (non-hydrogen) atoms. The van der Waals surface area contributed by atoms with Crippen molar-refractivity contribution in [3.63, 3.8) is 0 Å². The van der Waals surface area contributed by atoms with Gasteiger partial charge in [0.25, 0.3) is 5.56 Å². The molecule has 0 saturated heterocycles. The fraction of sp³-hybridized carbons (Fsp3) is 0.267. The third kappa shape index (κ3) is 2.96. The van der Waals surface area contributed by atoms with Gasteiger partial charge < -0.3 is 10.1 Å². The zero-order valence-corrected chi connectivity index (χ0v) is 13.3. The molecule has 0 unspecified atom stereocenters. The molecule has 0 fully saturated rings. The number of nitrogens with zero attached hydrogens (tertiary/aromatic N) is 5. The maximum absolute atomic E-state index is 12.4. The zero-order chi connectivity index (χ0) is 17.1. The number of aryl methyl sites for hydroxylation is 1. The zero-order valence-electron chi connectivity index (χ0n) is 13.3. The molecule has 0 bridgehead atoms. The van der Waals surface area contributed by atoms with Crippen LogP contribution in [0, 0.1) is 0 Å². The van der Waals surface area contributed by atoms with Gasteiger partial charge >= 0.3 is 0 Å². The van der Waals surface area contributed by atoms with Crippen LogP contribution in [0.1, 0.15) is 6.92 Å². The van der Waals surface area contributed by atoms with E-state index in [4.69, 9.17) is 4.74 Å². The Balaban J connectivity index is 1.80. The number of amides is 1. The van der Waals surface area contributed by atoms with Crippen LogP contribution in [-0.4, -0.2) is 37.6 Å². The Morgan fingerprint density at radius 1 is 1.38 bits per heavy atom. The predicted molar refractivity (Wildman–Crippen MR) is 86.9 cm³/mol. The van der Waals surface area contributed by atoms with Gasteiger partial charge in [-0.2, -0.15) is 0 Å². The van der Waals surface area contributed by atoms with Crippen molar-refractivity contribution in [3.05, 3.63) is 40.9 Å². The van der Waals surface area contributed by atoms with Gasteiger partial charge in [-0.05, 0) is 19.1 Å². The van der Waals surface area contributed by atoms with Crippen LogP contribution in [-0.2, 0) is 17.9 Å². The summed E-state index contributed by atoms with van der Waals surface area (Å²) in [4.78, 5) is 28.7. The van der Waals surface area contributed by atoms with Crippen LogP contribution in [0.4, 0.5) is 5.69 Å². The standard InChI is InChI=1S/C15H16N6O3/c1-3-21-14-13(18-19-21)15(23)20(9-16-14)8-12(22)17-10-5-4-6-11(7-10)24-2/h4-7,9H,3,8H2,1-2H3,(H,17,22). The first kappa shape index (κ1) is 15.7. The molecule has 1 aromatic carbocycles. The third-order valence-corrected chi connectivity index (χ3v) is 3.46. The van der Waals surface area contributed by atoms with Crippen molar-refractivity contribution in [2.45, 2.75) is 20.0 Å². The molecule has 3 rings (SSSR count). The molecule has 0 aliphatic rings. The largest absolute Gasteiger partial charge is 0.497 e. The number of ether oxygens (including phenoxy) is 1. The molecule has 9 heteroatoms. The lowest BCUT2D eigenvalue weighted by atomic mass is 10.3. The van der Waals surface area contributed by atoms with Crippen molar-refractivity contribution in [3.8, 4) is 5.75 Å². The van der Waals surface area contributed by atoms with Crippen molar-refractivity contribution in [2.75, 3.05) is 12.4 Å². The molecule has 0 radical (unpaired) electrons. The summed E-state index contributed by atoms with van der Waals surface area (Å²) in [6, 6.07) is 6.96. The van der Waals surface area contributed by atoms with E-state index in [1.54, 1.807) is 31.4 Å². The summed E-state index contributed by atoms with van der Waals surface area (Å²) in [5, 5.41) is 10.4. The third-order valence-electron chi connectivity index (χ3n) is 3.46. The van der Waals surface area contributed by atoms with Gasteiger partial charge in [-0.3, -0.25) is 14.2 Å². The minimum atomic E-state index is -0.402. The van der Waals surface area contributed by atoms with Crippen molar-refractivity contribution in [1.29, 1.82) is 0 Å². The van der Waals surface area contributed by atoms with Gasteiger partial charge in [-0.15, -0.1) is 5.10 Å². The molecule has 0 atom stereocenters. The summed E-state index contributed by atoms with van der Waals surface area (Å²) < 4.78 is 7.83. The molecular formula is C15H16N6O3. The second kappa shape index (κ2) is 6.49. The summed E-state index contributed by atoms with van der Waals surface area (Å²) in [5.74, 6) is 0.276. The number of nitrogens with one attached hydrogen (secondary N) is 1. The Morgan fingerprint density at radius 2 is 2.21 bits per heavy atom. The Morgan fingerprint density at radius 3 is 2.96 bits per heavy atom. The summed E-state index contributed by atoms with van der Waals surface area (Å²) >= 11 is 0. The quantitative estimate of drug-likeness (QED) is 0.737. The molecule has 0 saturated carbocycles. The SMILES string of the molecule is CCn1nnc2c(=O)n(CC(=O)Nc3cccc(OC)c3)cnc21. The van der Waals surface area contributed by atoms with Crippen LogP contribution in [0.5, 0.6) is 5.75 Å². The molecule has 1 amide bonds. The molecule has 0 spiro atoms. The number of carbonyl (C=O) groups is 1. The van der Waals surface area contributed by atoms with E-state index in [-0.39, 0.29) is 18.0 Å². The number of hydrogen-bond donors (Lipinski definition) is 1.